The number of esters is 1. The highest BCUT2D eigenvalue weighted by Gasteiger charge is 2.59. The van der Waals surface area contributed by atoms with Crippen molar-refractivity contribution in [3.63, 3.8) is 0 Å². The Morgan fingerprint density at radius 3 is 2.67 bits per heavy atom. The fourth-order valence-corrected chi connectivity index (χ4v) is 5.76. The minimum absolute atomic E-state index is 0.0421. The van der Waals surface area contributed by atoms with Gasteiger partial charge in [-0.25, -0.2) is 4.79 Å². The average molecular weight is 533 g/mol. The molecule has 2 aliphatic rings. The van der Waals surface area contributed by atoms with Crippen LogP contribution in [-0.4, -0.2) is 56.7 Å². The molecule has 3 unspecified atom stereocenters. The van der Waals surface area contributed by atoms with Crippen molar-refractivity contribution in [3.05, 3.63) is 76.8 Å². The molecule has 0 radical (unpaired) electrons. The van der Waals surface area contributed by atoms with Gasteiger partial charge in [0, 0.05) is 10.2 Å². The van der Waals surface area contributed by atoms with E-state index in [4.69, 9.17) is 9.47 Å². The maximum atomic E-state index is 12.8. The fourth-order valence-electron chi connectivity index (χ4n) is 3.72. The van der Waals surface area contributed by atoms with Crippen molar-refractivity contribution in [1.29, 1.82) is 0 Å². The minimum Gasteiger partial charge on any atom is -0.484 e. The van der Waals surface area contributed by atoms with Gasteiger partial charge in [-0.3, -0.25) is 13.8 Å². The summed E-state index contributed by atoms with van der Waals surface area (Å²) in [6.07, 6.45) is 0. The number of fused-ring (bicyclic) bond motifs is 1. The number of hydrogen-bond donors (Lipinski definition) is 1. The lowest BCUT2D eigenvalue weighted by Crippen LogP contribution is -2.77. The van der Waals surface area contributed by atoms with Gasteiger partial charge >= 0.3 is 5.97 Å². The van der Waals surface area contributed by atoms with Crippen LogP contribution < -0.4 is 10.1 Å². The quantitative estimate of drug-likeness (QED) is 0.332. The average Bonchev–Trinajstić information content (AvgIpc) is 2.80. The molecular formula is C23H21BrN2O6S. The van der Waals surface area contributed by atoms with Gasteiger partial charge in [0.25, 0.3) is 5.91 Å². The maximum absolute atomic E-state index is 12.8. The topological polar surface area (TPSA) is 102 Å². The van der Waals surface area contributed by atoms with Gasteiger partial charge in [-0.1, -0.05) is 58.9 Å². The first kappa shape index (κ1) is 23.2. The Balaban J connectivity index is 1.37. The lowest BCUT2D eigenvalue weighted by molar-refractivity contribution is -0.164. The van der Waals surface area contributed by atoms with Crippen molar-refractivity contribution in [1.82, 2.24) is 10.2 Å². The molecule has 1 N–H and O–H groups in total. The van der Waals surface area contributed by atoms with Gasteiger partial charge in [-0.05, 0) is 29.3 Å². The Morgan fingerprint density at radius 2 is 1.94 bits per heavy atom. The summed E-state index contributed by atoms with van der Waals surface area (Å²) in [5.74, 6) is -1.15. The predicted octanol–water partition coefficient (Wildman–Crippen LogP) is 1.91. The lowest BCUT2D eigenvalue weighted by Gasteiger charge is -2.52. The normalized spacial score (nSPS) is 23.8. The van der Waals surface area contributed by atoms with E-state index < -0.39 is 46.0 Å². The van der Waals surface area contributed by atoms with Crippen molar-refractivity contribution < 1.29 is 28.1 Å². The molecule has 33 heavy (non-hydrogen) atoms. The highest BCUT2D eigenvalue weighted by atomic mass is 79.9. The zero-order chi connectivity index (χ0) is 23.5. The molecule has 2 saturated heterocycles. The van der Waals surface area contributed by atoms with Crippen LogP contribution in [0.5, 0.6) is 5.75 Å². The van der Waals surface area contributed by atoms with Gasteiger partial charge in [0.05, 0.1) is 10.8 Å². The largest absolute Gasteiger partial charge is 0.484 e. The number of carbonyl (C=O) groups is 3. The molecule has 2 aromatic carbocycles. The summed E-state index contributed by atoms with van der Waals surface area (Å²) in [5, 5.41) is 1.74. The van der Waals surface area contributed by atoms with E-state index >= 15 is 0 Å². The molecular weight excluding hydrogens is 512 g/mol. The molecule has 2 aromatic rings. The number of rotatable bonds is 7. The van der Waals surface area contributed by atoms with Crippen LogP contribution in [0.4, 0.5) is 0 Å². The molecule has 172 valence electrons. The molecule has 2 aliphatic heterocycles. The Labute approximate surface area is 201 Å². The monoisotopic (exact) mass is 532 g/mol. The van der Waals surface area contributed by atoms with Crippen molar-refractivity contribution in [3.8, 4) is 5.75 Å². The van der Waals surface area contributed by atoms with E-state index in [0.717, 1.165) is 10.0 Å². The third-order valence-corrected chi connectivity index (χ3v) is 7.46. The van der Waals surface area contributed by atoms with Crippen LogP contribution in [0.2, 0.25) is 0 Å². The molecule has 2 fully saturated rings. The van der Waals surface area contributed by atoms with E-state index in [9.17, 15) is 18.6 Å². The van der Waals surface area contributed by atoms with Gasteiger partial charge in [-0.2, -0.15) is 0 Å². The van der Waals surface area contributed by atoms with E-state index in [-0.39, 0.29) is 19.0 Å². The van der Waals surface area contributed by atoms with E-state index in [1.165, 1.54) is 4.90 Å². The SMILES string of the molecule is C=C1CS(=O)[C@@H]2C(NC(=O)COc3cccc(Br)c3)C(=O)N2C1C(=O)OCc1ccccc1. The zero-order valence-corrected chi connectivity index (χ0v) is 19.8. The molecule has 0 spiro atoms. The smallest absolute Gasteiger partial charge is 0.333 e. The molecule has 4 atom stereocenters. The van der Waals surface area contributed by atoms with Gasteiger partial charge in [0.1, 0.15) is 23.8 Å². The second-order valence-electron chi connectivity index (χ2n) is 7.61. The molecule has 0 aliphatic carbocycles. The van der Waals surface area contributed by atoms with Gasteiger partial charge in [0.2, 0.25) is 5.91 Å². The number of β-lactam (4-membered cyclic amide) rings is 1. The number of nitrogens with one attached hydrogen (secondary N) is 1. The summed E-state index contributed by atoms with van der Waals surface area (Å²) >= 11 is 3.32. The third-order valence-electron chi connectivity index (χ3n) is 5.27. The molecule has 2 amide bonds. The molecule has 2 heterocycles. The first-order valence-corrected chi connectivity index (χ1v) is 12.3. The number of halogens is 1. The molecule has 0 bridgehead atoms. The number of benzene rings is 2. The van der Waals surface area contributed by atoms with Crippen molar-refractivity contribution in [2.24, 2.45) is 0 Å². The lowest BCUT2D eigenvalue weighted by atomic mass is 9.98. The van der Waals surface area contributed by atoms with Crippen molar-refractivity contribution >= 4 is 44.5 Å². The van der Waals surface area contributed by atoms with E-state index in [1.807, 2.05) is 36.4 Å². The molecule has 4 rings (SSSR count). The number of hydrogen-bond acceptors (Lipinski definition) is 6. The van der Waals surface area contributed by atoms with Gasteiger partial charge in [0.15, 0.2) is 12.6 Å². The zero-order valence-electron chi connectivity index (χ0n) is 17.4. The summed E-state index contributed by atoms with van der Waals surface area (Å²) < 4.78 is 24.3. The third kappa shape index (κ3) is 5.01. The highest BCUT2D eigenvalue weighted by Crippen LogP contribution is 2.34. The second kappa shape index (κ2) is 9.88. The Morgan fingerprint density at radius 1 is 1.18 bits per heavy atom. The van der Waals surface area contributed by atoms with Crippen molar-refractivity contribution in [2.45, 2.75) is 24.1 Å². The second-order valence-corrected chi connectivity index (χ2v) is 10.1. The summed E-state index contributed by atoms with van der Waals surface area (Å²) in [6.45, 7) is 3.57. The van der Waals surface area contributed by atoms with E-state index in [0.29, 0.717) is 11.3 Å². The van der Waals surface area contributed by atoms with Crippen molar-refractivity contribution in [2.75, 3.05) is 12.4 Å². The van der Waals surface area contributed by atoms with Crippen LogP contribution in [0.1, 0.15) is 5.56 Å². The predicted molar refractivity (Wildman–Crippen MR) is 124 cm³/mol. The number of ether oxygens (including phenoxy) is 2. The van der Waals surface area contributed by atoms with Crippen LogP contribution in [0.25, 0.3) is 0 Å². The summed E-state index contributed by atoms with van der Waals surface area (Å²) in [6, 6.07) is 14.1. The summed E-state index contributed by atoms with van der Waals surface area (Å²) in [4.78, 5) is 39.1. The van der Waals surface area contributed by atoms with E-state index in [1.54, 1.807) is 18.2 Å². The Kier molecular flexibility index (Phi) is 6.94. The molecule has 0 aromatic heterocycles. The first-order chi connectivity index (χ1) is 15.8. The Bertz CT molecular complexity index is 1120. The van der Waals surface area contributed by atoms with Gasteiger partial charge < -0.3 is 19.7 Å². The molecule has 10 heteroatoms. The highest BCUT2D eigenvalue weighted by molar-refractivity contribution is 9.10. The van der Waals surface area contributed by atoms with Crippen LogP contribution in [0.15, 0.2) is 71.2 Å². The van der Waals surface area contributed by atoms with E-state index in [2.05, 4.69) is 27.8 Å². The number of nitrogens with zero attached hydrogens (tertiary/aromatic N) is 1. The summed E-state index contributed by atoms with van der Waals surface area (Å²) in [5.41, 5.74) is 1.15. The summed E-state index contributed by atoms with van der Waals surface area (Å²) in [7, 11) is -1.51. The fraction of sp³-hybridized carbons (Fsp3) is 0.261. The Hall–Kier alpha value is -2.98. The molecule has 8 nitrogen and oxygen atoms in total. The van der Waals surface area contributed by atoms with Crippen LogP contribution in [0.3, 0.4) is 0 Å². The van der Waals surface area contributed by atoms with Crippen LogP contribution in [0, 0.1) is 0 Å². The standard InChI is InChI=1S/C23H21BrN2O6S/c1-14-13-33(30)22-19(25-18(27)12-31-17-9-5-8-16(24)10-17)21(28)26(22)20(14)23(29)32-11-15-6-3-2-4-7-15/h2-10,19-20,22H,1,11-13H2,(H,25,27)/t19?,20?,22-,33?/m1/s1. The maximum Gasteiger partial charge on any atom is 0.333 e. The molecule has 0 saturated carbocycles. The van der Waals surface area contributed by atoms with Crippen LogP contribution >= 0.6 is 15.9 Å². The van der Waals surface area contributed by atoms with Crippen LogP contribution in [-0.2, 0) is 36.5 Å². The number of amides is 2. The first-order valence-electron chi connectivity index (χ1n) is 10.1. The minimum atomic E-state index is -1.51. The van der Waals surface area contributed by atoms with Gasteiger partial charge in [-0.15, -0.1) is 0 Å². The number of carbonyl (C=O) groups excluding carboxylic acids is 3.